The van der Waals surface area contributed by atoms with Crippen molar-refractivity contribution in [3.05, 3.63) is 41.2 Å². The number of hydrogen-bond acceptors (Lipinski definition) is 8. The van der Waals surface area contributed by atoms with Gasteiger partial charge >= 0.3 is 6.09 Å². The van der Waals surface area contributed by atoms with Crippen molar-refractivity contribution in [1.29, 1.82) is 0 Å². The van der Waals surface area contributed by atoms with Crippen LogP contribution in [0.15, 0.2) is 24.4 Å². The molecule has 4 amide bonds. The zero-order chi connectivity index (χ0) is 25.5. The lowest BCUT2D eigenvalue weighted by Crippen LogP contribution is -2.52. The van der Waals surface area contributed by atoms with Crippen LogP contribution in [0.2, 0.25) is 0 Å². The maximum absolute atomic E-state index is 13.0. The molecule has 1 aromatic heterocycles. The minimum atomic E-state index is -0.700. The minimum absolute atomic E-state index is 0.0532. The number of aromatic nitrogens is 3. The van der Waals surface area contributed by atoms with Crippen LogP contribution in [0.25, 0.3) is 5.69 Å². The molecule has 3 heterocycles. The lowest BCUT2D eigenvalue weighted by atomic mass is 10.0. The van der Waals surface area contributed by atoms with E-state index in [-0.39, 0.29) is 43.4 Å². The third-order valence-electron chi connectivity index (χ3n) is 5.64. The molecular weight excluding hydrogens is 456 g/mol. The van der Waals surface area contributed by atoms with Crippen molar-refractivity contribution in [3.63, 3.8) is 0 Å². The Morgan fingerprint density at radius 3 is 2.66 bits per heavy atom. The summed E-state index contributed by atoms with van der Waals surface area (Å²) in [6, 6.07) is 4.41. The number of ketones is 1. The summed E-state index contributed by atoms with van der Waals surface area (Å²) in [6.07, 6.45) is 1.25. The quantitative estimate of drug-likeness (QED) is 0.492. The first-order valence-corrected chi connectivity index (χ1v) is 11.1. The summed E-state index contributed by atoms with van der Waals surface area (Å²) in [4.78, 5) is 64.0. The smallest absolute Gasteiger partial charge is 0.410 e. The first kappa shape index (κ1) is 24.0. The maximum Gasteiger partial charge on any atom is 0.410 e. The molecule has 1 saturated heterocycles. The van der Waals surface area contributed by atoms with Crippen molar-refractivity contribution in [3.8, 4) is 5.69 Å². The van der Waals surface area contributed by atoms with Gasteiger partial charge in [-0.25, -0.2) is 9.48 Å². The number of Topliss-reactive ketones (excluding diaryl/α,β-unsaturated/α-hetero) is 1. The number of fused-ring (bicyclic) bond motifs is 1. The van der Waals surface area contributed by atoms with Crippen LogP contribution in [0.5, 0.6) is 0 Å². The molecule has 0 spiro atoms. The van der Waals surface area contributed by atoms with E-state index in [0.717, 1.165) is 10.5 Å². The third-order valence-corrected chi connectivity index (χ3v) is 5.64. The van der Waals surface area contributed by atoms with Gasteiger partial charge in [-0.1, -0.05) is 11.3 Å². The molecule has 1 aromatic carbocycles. The Bertz CT molecular complexity index is 1230. The molecule has 0 aliphatic carbocycles. The number of piperidine rings is 1. The van der Waals surface area contributed by atoms with Gasteiger partial charge in [0, 0.05) is 25.6 Å². The molecule has 1 unspecified atom stereocenters. The van der Waals surface area contributed by atoms with Crippen molar-refractivity contribution in [2.24, 2.45) is 0 Å². The van der Waals surface area contributed by atoms with Crippen molar-refractivity contribution in [2.75, 3.05) is 13.6 Å². The number of carbonyl (C=O) groups is 5. The van der Waals surface area contributed by atoms with E-state index < -0.39 is 29.4 Å². The van der Waals surface area contributed by atoms with Gasteiger partial charge in [0.15, 0.2) is 5.69 Å². The van der Waals surface area contributed by atoms with E-state index in [1.165, 1.54) is 22.8 Å². The number of likely N-dealkylation sites (N-methyl/N-ethyl adjacent to an activating group) is 1. The van der Waals surface area contributed by atoms with E-state index in [9.17, 15) is 24.0 Å². The van der Waals surface area contributed by atoms with Gasteiger partial charge in [-0.05, 0) is 44.9 Å². The van der Waals surface area contributed by atoms with Crippen molar-refractivity contribution < 1.29 is 28.7 Å². The summed E-state index contributed by atoms with van der Waals surface area (Å²) in [5, 5.41) is 10.2. The molecule has 4 rings (SSSR count). The molecule has 12 heteroatoms. The zero-order valence-corrected chi connectivity index (χ0v) is 19.9. The number of nitrogens with one attached hydrogen (secondary N) is 1. The second-order valence-electron chi connectivity index (χ2n) is 9.55. The highest BCUT2D eigenvalue weighted by atomic mass is 16.6. The molecule has 35 heavy (non-hydrogen) atoms. The standard InChI is InChI=1S/C23H26N6O6/c1-23(2,3)35-22(34)27(4)12-18(30)16-11-29(26-25-16)14-6-5-13-10-28(21(33)15(13)9-14)17-7-8-19(31)24-20(17)32/h5-6,9,11,17H,7-8,10,12H2,1-4H3,(H,24,31,32). The monoisotopic (exact) mass is 482 g/mol. The molecule has 12 nitrogen and oxygen atoms in total. The molecule has 0 radical (unpaired) electrons. The van der Waals surface area contributed by atoms with E-state index in [1.54, 1.807) is 39.0 Å². The molecule has 1 fully saturated rings. The summed E-state index contributed by atoms with van der Waals surface area (Å²) >= 11 is 0. The van der Waals surface area contributed by atoms with Gasteiger partial charge in [-0.15, -0.1) is 5.10 Å². The summed E-state index contributed by atoms with van der Waals surface area (Å²) in [7, 11) is 1.46. The molecule has 184 valence electrons. The first-order chi connectivity index (χ1) is 16.4. The van der Waals surface area contributed by atoms with E-state index in [0.29, 0.717) is 11.3 Å². The molecule has 0 saturated carbocycles. The van der Waals surface area contributed by atoms with Gasteiger partial charge in [-0.2, -0.15) is 0 Å². The van der Waals surface area contributed by atoms with Gasteiger partial charge in [0.25, 0.3) is 5.91 Å². The fourth-order valence-corrected chi connectivity index (χ4v) is 3.90. The van der Waals surface area contributed by atoms with Gasteiger partial charge in [0.2, 0.25) is 17.6 Å². The number of benzene rings is 1. The molecule has 1 atom stereocenters. The normalized spacial score (nSPS) is 17.8. The predicted molar refractivity (Wildman–Crippen MR) is 121 cm³/mol. The Morgan fingerprint density at radius 1 is 1.23 bits per heavy atom. The van der Waals surface area contributed by atoms with Gasteiger partial charge in [0.05, 0.1) is 18.4 Å². The van der Waals surface area contributed by atoms with Crippen molar-refractivity contribution in [1.82, 2.24) is 30.1 Å². The van der Waals surface area contributed by atoms with Crippen LogP contribution in [-0.4, -0.2) is 79.6 Å². The molecule has 2 aliphatic rings. The van der Waals surface area contributed by atoms with Crippen LogP contribution >= 0.6 is 0 Å². The SMILES string of the molecule is CN(CC(=O)c1cn(-c2ccc3c(c2)C(=O)N(C2CCC(=O)NC2=O)C3)nn1)C(=O)OC(C)(C)C. The summed E-state index contributed by atoms with van der Waals surface area (Å²) < 4.78 is 6.61. The van der Waals surface area contributed by atoms with E-state index >= 15 is 0 Å². The number of hydrogen-bond donors (Lipinski definition) is 1. The average molecular weight is 482 g/mol. The largest absolute Gasteiger partial charge is 0.444 e. The maximum atomic E-state index is 13.0. The molecule has 0 bridgehead atoms. The second kappa shape index (κ2) is 8.93. The van der Waals surface area contributed by atoms with Crippen LogP contribution in [0.4, 0.5) is 4.79 Å². The number of rotatable bonds is 5. The molecule has 2 aromatic rings. The lowest BCUT2D eigenvalue weighted by molar-refractivity contribution is -0.136. The van der Waals surface area contributed by atoms with Gasteiger partial charge in [0.1, 0.15) is 11.6 Å². The Kier molecular flexibility index (Phi) is 6.14. The summed E-state index contributed by atoms with van der Waals surface area (Å²) in [5.74, 6) is -1.55. The van der Waals surface area contributed by atoms with Crippen LogP contribution in [0, 0.1) is 0 Å². The first-order valence-electron chi connectivity index (χ1n) is 11.1. The number of amides is 4. The topological polar surface area (TPSA) is 144 Å². The number of nitrogens with zero attached hydrogens (tertiary/aromatic N) is 5. The molecule has 1 N–H and O–H groups in total. The summed E-state index contributed by atoms with van der Waals surface area (Å²) in [5.41, 5.74) is 1.04. The fraction of sp³-hybridized carbons (Fsp3) is 0.435. The minimum Gasteiger partial charge on any atom is -0.444 e. The van der Waals surface area contributed by atoms with Crippen LogP contribution in [-0.2, 0) is 20.9 Å². The Hall–Kier alpha value is -4.09. The predicted octanol–water partition coefficient (Wildman–Crippen LogP) is 1.08. The number of imide groups is 1. The van der Waals surface area contributed by atoms with Crippen molar-refractivity contribution >= 4 is 29.6 Å². The highest BCUT2D eigenvalue weighted by Crippen LogP contribution is 2.29. The highest BCUT2D eigenvalue weighted by molar-refractivity contribution is 6.05. The van der Waals surface area contributed by atoms with Crippen LogP contribution in [0.3, 0.4) is 0 Å². The van der Waals surface area contributed by atoms with Crippen molar-refractivity contribution in [2.45, 2.75) is 51.8 Å². The number of ether oxygens (including phenoxy) is 1. The third kappa shape index (κ3) is 5.05. The van der Waals surface area contributed by atoms with Crippen LogP contribution in [0.1, 0.15) is 60.0 Å². The van der Waals surface area contributed by atoms with Crippen LogP contribution < -0.4 is 5.32 Å². The van der Waals surface area contributed by atoms with E-state index in [4.69, 9.17) is 4.74 Å². The summed E-state index contributed by atoms with van der Waals surface area (Å²) in [6.45, 7) is 5.22. The van der Waals surface area contributed by atoms with E-state index in [2.05, 4.69) is 15.6 Å². The number of carbonyl (C=O) groups excluding carboxylic acids is 5. The Morgan fingerprint density at radius 2 is 1.97 bits per heavy atom. The molecular formula is C23H26N6O6. The van der Waals surface area contributed by atoms with Gasteiger partial charge in [-0.3, -0.25) is 24.5 Å². The Balaban J connectivity index is 1.46. The average Bonchev–Trinajstić information content (AvgIpc) is 3.38. The fourth-order valence-electron chi connectivity index (χ4n) is 3.90. The highest BCUT2D eigenvalue weighted by Gasteiger charge is 2.39. The Labute approximate surface area is 201 Å². The second-order valence-corrected chi connectivity index (χ2v) is 9.55. The van der Waals surface area contributed by atoms with Gasteiger partial charge < -0.3 is 14.5 Å². The zero-order valence-electron chi connectivity index (χ0n) is 19.9. The molecule has 2 aliphatic heterocycles. The van der Waals surface area contributed by atoms with E-state index in [1.807, 2.05) is 0 Å². The lowest BCUT2D eigenvalue weighted by Gasteiger charge is -2.29.